The minimum atomic E-state index is -0.715. The van der Waals surface area contributed by atoms with E-state index in [0.717, 1.165) is 18.2 Å². The van der Waals surface area contributed by atoms with Gasteiger partial charge in [0.1, 0.15) is 5.82 Å². The molecule has 4 nitrogen and oxygen atoms in total. The van der Waals surface area contributed by atoms with E-state index in [4.69, 9.17) is 5.11 Å². The number of nitrogens with zero attached hydrogens (tertiary/aromatic N) is 1. The second-order valence-electron chi connectivity index (χ2n) is 2.23. The molecular weight excluding hydrogens is 165 g/mol. The van der Waals surface area contributed by atoms with Crippen LogP contribution < -0.4 is 0 Å². The molecule has 0 radical (unpaired) electrons. The Hall–Kier alpha value is -1.49. The van der Waals surface area contributed by atoms with Crippen LogP contribution in [-0.2, 0) is 6.61 Å². The summed E-state index contributed by atoms with van der Waals surface area (Å²) in [7, 11) is 0. The highest BCUT2D eigenvalue weighted by molar-refractivity contribution is 5.34. The summed E-state index contributed by atoms with van der Waals surface area (Å²) in [6, 6.07) is 2.98. The molecule has 0 spiro atoms. The smallest absolute Gasteiger partial charge is 0.272 e. The molecule has 0 amide bonds. The summed E-state index contributed by atoms with van der Waals surface area (Å²) < 4.78 is 12.6. The number of hydrogen-bond donors (Lipinski definition) is 1. The Morgan fingerprint density at radius 3 is 2.67 bits per heavy atom. The number of aliphatic hydroxyl groups excluding tert-OH is 1. The first kappa shape index (κ1) is 8.61. The average Bonchev–Trinajstić information content (AvgIpc) is 2.03. The Morgan fingerprint density at radius 2 is 2.17 bits per heavy atom. The molecule has 1 aromatic rings. The van der Waals surface area contributed by atoms with Gasteiger partial charge in [-0.15, -0.1) is 0 Å². The minimum absolute atomic E-state index is 0.196. The van der Waals surface area contributed by atoms with Crippen molar-refractivity contribution >= 4 is 5.69 Å². The summed E-state index contributed by atoms with van der Waals surface area (Å²) in [6.07, 6.45) is 0. The van der Waals surface area contributed by atoms with Gasteiger partial charge in [-0.2, -0.15) is 0 Å². The Balaban J connectivity index is 3.15. The molecule has 1 rings (SSSR count). The average molecular weight is 171 g/mol. The summed E-state index contributed by atoms with van der Waals surface area (Å²) in [4.78, 5) is 9.47. The van der Waals surface area contributed by atoms with E-state index >= 15 is 0 Å². The lowest BCUT2D eigenvalue weighted by Crippen LogP contribution is -1.92. The highest BCUT2D eigenvalue weighted by Crippen LogP contribution is 2.15. The predicted octanol–water partition coefficient (Wildman–Crippen LogP) is 1.23. The number of nitro groups is 1. The normalized spacial score (nSPS) is 9.83. The molecule has 0 saturated carbocycles. The lowest BCUT2D eigenvalue weighted by atomic mass is 10.2. The van der Waals surface area contributed by atoms with Crippen LogP contribution in [0.2, 0.25) is 0 Å². The van der Waals surface area contributed by atoms with Crippen molar-refractivity contribution in [3.05, 3.63) is 39.7 Å². The van der Waals surface area contributed by atoms with Crippen molar-refractivity contribution in [1.82, 2.24) is 0 Å². The quantitative estimate of drug-likeness (QED) is 0.537. The number of benzene rings is 1. The van der Waals surface area contributed by atoms with Crippen LogP contribution in [-0.4, -0.2) is 10.0 Å². The zero-order valence-corrected chi connectivity index (χ0v) is 6.03. The van der Waals surface area contributed by atoms with Crippen LogP contribution in [0.15, 0.2) is 18.2 Å². The third kappa shape index (κ3) is 1.76. The predicted molar refractivity (Wildman–Crippen MR) is 39.0 cm³/mol. The first-order chi connectivity index (χ1) is 5.63. The second-order valence-corrected chi connectivity index (χ2v) is 2.23. The first-order valence-corrected chi connectivity index (χ1v) is 3.18. The summed E-state index contributed by atoms with van der Waals surface area (Å²) in [6.45, 7) is -0.404. The summed E-state index contributed by atoms with van der Waals surface area (Å²) in [5.41, 5.74) is -0.152. The van der Waals surface area contributed by atoms with E-state index in [1.165, 1.54) is 0 Å². The van der Waals surface area contributed by atoms with Gasteiger partial charge in [-0.1, -0.05) is 0 Å². The molecular formula is C7H6FNO3. The molecule has 0 aliphatic rings. The van der Waals surface area contributed by atoms with Crippen LogP contribution in [0.5, 0.6) is 0 Å². The largest absolute Gasteiger partial charge is 0.392 e. The maximum absolute atomic E-state index is 12.6. The van der Waals surface area contributed by atoms with E-state index in [0.29, 0.717) is 0 Å². The number of rotatable bonds is 2. The first-order valence-electron chi connectivity index (χ1n) is 3.18. The van der Waals surface area contributed by atoms with Gasteiger partial charge in [-0.3, -0.25) is 10.1 Å². The minimum Gasteiger partial charge on any atom is -0.392 e. The van der Waals surface area contributed by atoms with Gasteiger partial charge >= 0.3 is 0 Å². The third-order valence-corrected chi connectivity index (χ3v) is 1.34. The van der Waals surface area contributed by atoms with Gasteiger partial charge in [0.05, 0.1) is 17.6 Å². The summed E-state index contributed by atoms with van der Waals surface area (Å²) >= 11 is 0. The fourth-order valence-electron chi connectivity index (χ4n) is 0.830. The van der Waals surface area contributed by atoms with Crippen LogP contribution >= 0.6 is 0 Å². The lowest BCUT2D eigenvalue weighted by molar-refractivity contribution is -0.385. The van der Waals surface area contributed by atoms with Crippen LogP contribution in [0.3, 0.4) is 0 Å². The van der Waals surface area contributed by atoms with Gasteiger partial charge < -0.3 is 5.11 Å². The van der Waals surface area contributed by atoms with E-state index in [-0.39, 0.29) is 11.3 Å². The Morgan fingerprint density at radius 1 is 1.50 bits per heavy atom. The summed E-state index contributed by atoms with van der Waals surface area (Å²) in [5.74, 6) is -0.715. The van der Waals surface area contributed by atoms with E-state index in [1.54, 1.807) is 0 Å². The van der Waals surface area contributed by atoms with Gasteiger partial charge in [-0.05, 0) is 11.6 Å². The van der Waals surface area contributed by atoms with Crippen LogP contribution in [0.1, 0.15) is 5.56 Å². The molecule has 0 aliphatic carbocycles. The molecule has 0 fully saturated rings. The van der Waals surface area contributed by atoms with E-state index in [9.17, 15) is 14.5 Å². The number of hydrogen-bond acceptors (Lipinski definition) is 3. The zero-order valence-electron chi connectivity index (χ0n) is 6.03. The maximum Gasteiger partial charge on any atom is 0.272 e. The van der Waals surface area contributed by atoms with Crippen molar-refractivity contribution in [2.45, 2.75) is 6.61 Å². The molecule has 0 atom stereocenters. The molecule has 12 heavy (non-hydrogen) atoms. The summed E-state index contributed by atoms with van der Waals surface area (Å²) in [5, 5.41) is 18.8. The molecule has 5 heteroatoms. The molecule has 64 valence electrons. The molecule has 0 heterocycles. The van der Waals surface area contributed by atoms with Crippen LogP contribution in [0, 0.1) is 15.9 Å². The zero-order chi connectivity index (χ0) is 9.14. The fraction of sp³-hybridized carbons (Fsp3) is 0.143. The maximum atomic E-state index is 12.6. The van der Waals surface area contributed by atoms with E-state index in [1.807, 2.05) is 0 Å². The monoisotopic (exact) mass is 171 g/mol. The lowest BCUT2D eigenvalue weighted by Gasteiger charge is -1.96. The molecule has 0 aliphatic heterocycles. The van der Waals surface area contributed by atoms with Crippen LogP contribution in [0.4, 0.5) is 10.1 Å². The fourth-order valence-corrected chi connectivity index (χ4v) is 0.830. The molecule has 1 aromatic carbocycles. The van der Waals surface area contributed by atoms with Gasteiger partial charge in [0.25, 0.3) is 5.69 Å². The van der Waals surface area contributed by atoms with Gasteiger partial charge in [0, 0.05) is 6.07 Å². The van der Waals surface area contributed by atoms with Crippen LogP contribution in [0.25, 0.3) is 0 Å². The number of halogens is 1. The Bertz CT molecular complexity index is 314. The van der Waals surface area contributed by atoms with Crippen molar-refractivity contribution < 1.29 is 14.4 Å². The molecule has 0 saturated heterocycles. The number of nitro benzene ring substituents is 1. The molecule has 0 bridgehead atoms. The SMILES string of the molecule is O=[N+]([O-])c1cc(F)cc(CO)c1. The van der Waals surface area contributed by atoms with Crippen molar-refractivity contribution in [1.29, 1.82) is 0 Å². The second kappa shape index (κ2) is 3.27. The molecule has 1 N–H and O–H groups in total. The number of aliphatic hydroxyl groups is 1. The van der Waals surface area contributed by atoms with E-state index < -0.39 is 17.3 Å². The van der Waals surface area contributed by atoms with Gasteiger partial charge in [0.15, 0.2) is 0 Å². The van der Waals surface area contributed by atoms with Crippen molar-refractivity contribution in [2.75, 3.05) is 0 Å². The van der Waals surface area contributed by atoms with Gasteiger partial charge in [0.2, 0.25) is 0 Å². The van der Waals surface area contributed by atoms with Crippen molar-refractivity contribution in [3.8, 4) is 0 Å². The Kier molecular flexibility index (Phi) is 2.35. The highest BCUT2D eigenvalue weighted by Gasteiger charge is 2.08. The van der Waals surface area contributed by atoms with E-state index in [2.05, 4.69) is 0 Å². The topological polar surface area (TPSA) is 63.4 Å². The van der Waals surface area contributed by atoms with Crippen molar-refractivity contribution in [3.63, 3.8) is 0 Å². The Labute approximate surface area is 67.4 Å². The standard InChI is InChI=1S/C7H6FNO3/c8-6-1-5(4-10)2-7(3-6)9(11)12/h1-3,10H,4H2. The number of non-ortho nitro benzene ring substituents is 1. The molecule has 0 aromatic heterocycles. The molecule has 0 unspecified atom stereocenters. The third-order valence-electron chi connectivity index (χ3n) is 1.34. The highest BCUT2D eigenvalue weighted by atomic mass is 19.1. The van der Waals surface area contributed by atoms with Crippen molar-refractivity contribution in [2.24, 2.45) is 0 Å². The van der Waals surface area contributed by atoms with Gasteiger partial charge in [-0.25, -0.2) is 4.39 Å².